The van der Waals surface area contributed by atoms with E-state index in [1.54, 1.807) is 0 Å². The van der Waals surface area contributed by atoms with E-state index < -0.39 is 31.6 Å². The van der Waals surface area contributed by atoms with Crippen LogP contribution in [0, 0.1) is 0 Å². The fourth-order valence-electron chi connectivity index (χ4n) is 0.124. The number of rotatable bonds is 2. The number of hydrogen-bond donors (Lipinski definition) is 0. The molecule has 0 bridgehead atoms. The Kier molecular flexibility index (Phi) is 6.70. The molecule has 94 valence electrons. The molecule has 0 heterocycles. The highest BCUT2D eigenvalue weighted by Crippen LogP contribution is 2.39. The Morgan fingerprint density at radius 1 is 0.800 bits per heavy atom. The van der Waals surface area contributed by atoms with E-state index in [1.807, 2.05) is 0 Å². The second-order valence-electron chi connectivity index (χ2n) is 1.97. The van der Waals surface area contributed by atoms with Crippen LogP contribution in [-0.2, 0) is 0 Å². The normalized spacial score (nSPS) is 12.8. The van der Waals surface area contributed by atoms with Crippen molar-refractivity contribution < 1.29 is 43.9 Å². The smallest absolute Gasteiger partial charge is 0.245 e. The first-order valence-corrected chi connectivity index (χ1v) is 3.03. The SMILES string of the molecule is FC(F)C(F)(F)C(F)(F)F.FCC(F)F. The van der Waals surface area contributed by atoms with Gasteiger partial charge in [-0.25, -0.2) is 22.0 Å². The van der Waals surface area contributed by atoms with Crippen molar-refractivity contribution in [2.24, 2.45) is 0 Å². The van der Waals surface area contributed by atoms with E-state index in [4.69, 9.17) is 0 Å². The molecule has 0 aromatic rings. The summed E-state index contributed by atoms with van der Waals surface area (Å²) in [5, 5.41) is 0. The number of halogens is 10. The molecule has 0 aromatic carbocycles. The van der Waals surface area contributed by atoms with Crippen LogP contribution in [0.4, 0.5) is 43.9 Å². The van der Waals surface area contributed by atoms with Crippen molar-refractivity contribution in [3.05, 3.63) is 0 Å². The Hall–Kier alpha value is -0.700. The monoisotopic (exact) mass is 254 g/mol. The number of hydrogen-bond acceptors (Lipinski definition) is 0. The topological polar surface area (TPSA) is 0 Å². The maximum absolute atomic E-state index is 11.2. The summed E-state index contributed by atoms with van der Waals surface area (Å²) < 4.78 is 108. The van der Waals surface area contributed by atoms with Crippen molar-refractivity contribution >= 4 is 0 Å². The lowest BCUT2D eigenvalue weighted by Gasteiger charge is -2.17. The molecule has 0 aliphatic carbocycles. The summed E-state index contributed by atoms with van der Waals surface area (Å²) in [6.07, 6.45) is -13.6. The van der Waals surface area contributed by atoms with Crippen LogP contribution in [-0.4, -0.2) is 31.6 Å². The summed E-state index contributed by atoms with van der Waals surface area (Å²) in [6, 6.07) is 0. The molecule has 0 aliphatic heterocycles. The minimum atomic E-state index is -6.17. The molecule has 0 amide bonds. The van der Waals surface area contributed by atoms with Gasteiger partial charge in [0.15, 0.2) is 6.67 Å². The maximum atomic E-state index is 11.2. The Labute approximate surface area is 76.9 Å². The molecule has 15 heavy (non-hydrogen) atoms. The molecule has 0 saturated heterocycles. The van der Waals surface area contributed by atoms with Crippen LogP contribution in [0.1, 0.15) is 0 Å². The third-order valence-electron chi connectivity index (χ3n) is 0.769. The summed E-state index contributed by atoms with van der Waals surface area (Å²) in [7, 11) is 0. The van der Waals surface area contributed by atoms with E-state index >= 15 is 0 Å². The first kappa shape index (κ1) is 16.7. The van der Waals surface area contributed by atoms with Gasteiger partial charge in [-0.05, 0) is 0 Å². The molecule has 0 aliphatic rings. The lowest BCUT2D eigenvalue weighted by molar-refractivity contribution is -0.320. The van der Waals surface area contributed by atoms with Gasteiger partial charge in [0.25, 0.3) is 6.43 Å². The molecule has 0 saturated carbocycles. The average Bonchev–Trinajstić information content (AvgIpc) is 2.03. The molecule has 10 heteroatoms. The van der Waals surface area contributed by atoms with Crippen LogP contribution in [0.15, 0.2) is 0 Å². The highest BCUT2D eigenvalue weighted by Gasteiger charge is 2.64. The molecule has 0 atom stereocenters. The molecule has 0 radical (unpaired) electrons. The van der Waals surface area contributed by atoms with E-state index in [0.29, 0.717) is 0 Å². The van der Waals surface area contributed by atoms with Crippen LogP contribution in [0.25, 0.3) is 0 Å². The van der Waals surface area contributed by atoms with Crippen LogP contribution in [0.3, 0.4) is 0 Å². The Morgan fingerprint density at radius 3 is 1.07 bits per heavy atom. The Morgan fingerprint density at radius 2 is 1.07 bits per heavy atom. The van der Waals surface area contributed by atoms with Crippen molar-refractivity contribution in [1.29, 1.82) is 0 Å². The van der Waals surface area contributed by atoms with E-state index in [0.717, 1.165) is 0 Å². The van der Waals surface area contributed by atoms with E-state index in [2.05, 4.69) is 0 Å². The first-order chi connectivity index (χ1) is 6.46. The van der Waals surface area contributed by atoms with Crippen LogP contribution < -0.4 is 0 Å². The average molecular weight is 254 g/mol. The van der Waals surface area contributed by atoms with Gasteiger partial charge in [0.05, 0.1) is 0 Å². The molecule has 0 unspecified atom stereocenters. The van der Waals surface area contributed by atoms with Gasteiger partial charge in [-0.1, -0.05) is 0 Å². The highest BCUT2D eigenvalue weighted by atomic mass is 19.4. The molecule has 0 aromatic heterocycles. The van der Waals surface area contributed by atoms with Gasteiger partial charge in [0.1, 0.15) is 0 Å². The lowest BCUT2D eigenvalue weighted by Crippen LogP contribution is -2.42. The van der Waals surface area contributed by atoms with Crippen molar-refractivity contribution in [3.63, 3.8) is 0 Å². The Bertz CT molecular complexity index is 158. The quantitative estimate of drug-likeness (QED) is 0.659. The van der Waals surface area contributed by atoms with Crippen molar-refractivity contribution in [3.8, 4) is 0 Å². The summed E-state index contributed by atoms with van der Waals surface area (Å²) in [5.41, 5.74) is 0. The van der Waals surface area contributed by atoms with Gasteiger partial charge in [-0.2, -0.15) is 22.0 Å². The molecule has 0 rings (SSSR count). The summed E-state index contributed by atoms with van der Waals surface area (Å²) in [6.45, 7) is -1.53. The van der Waals surface area contributed by atoms with Crippen molar-refractivity contribution in [2.45, 2.75) is 24.9 Å². The van der Waals surface area contributed by atoms with Gasteiger partial charge in [-0.3, -0.25) is 0 Å². The lowest BCUT2D eigenvalue weighted by atomic mass is 10.3. The first-order valence-electron chi connectivity index (χ1n) is 3.03. The molecule has 0 nitrogen and oxygen atoms in total. The highest BCUT2D eigenvalue weighted by molar-refractivity contribution is 4.77. The van der Waals surface area contributed by atoms with Crippen LogP contribution in [0.2, 0.25) is 0 Å². The largest absolute Gasteiger partial charge is 0.459 e. The second kappa shape index (κ2) is 6.01. The zero-order valence-corrected chi connectivity index (χ0v) is 6.64. The van der Waals surface area contributed by atoms with Crippen molar-refractivity contribution in [2.75, 3.05) is 6.67 Å². The molecular weight excluding hydrogens is 250 g/mol. The number of alkyl halides is 10. The minimum Gasteiger partial charge on any atom is -0.245 e. The summed E-state index contributed by atoms with van der Waals surface area (Å²) >= 11 is 0. The molecular formula is C5H4F10. The Balaban J connectivity index is 0. The second-order valence-corrected chi connectivity index (χ2v) is 1.97. The summed E-state index contributed by atoms with van der Waals surface area (Å²) in [5.74, 6) is -5.90. The van der Waals surface area contributed by atoms with E-state index in [-0.39, 0.29) is 0 Å². The third-order valence-corrected chi connectivity index (χ3v) is 0.769. The van der Waals surface area contributed by atoms with Gasteiger partial charge in [0, 0.05) is 0 Å². The van der Waals surface area contributed by atoms with Crippen LogP contribution in [0.5, 0.6) is 0 Å². The predicted molar refractivity (Wildman–Crippen MR) is 29.0 cm³/mol. The maximum Gasteiger partial charge on any atom is 0.459 e. The standard InChI is InChI=1S/C3HF7.C2H3F3/c4-1(5)2(6,7)3(8,9)10;3-1-2(4)5/h1H;2H,1H2. The predicted octanol–water partition coefficient (Wildman–Crippen LogP) is 3.67. The fraction of sp³-hybridized carbons (Fsp3) is 1.00. The van der Waals surface area contributed by atoms with Crippen LogP contribution >= 0.6 is 0 Å². The zero-order chi connectivity index (χ0) is 12.9. The van der Waals surface area contributed by atoms with Crippen molar-refractivity contribution in [1.82, 2.24) is 0 Å². The zero-order valence-electron chi connectivity index (χ0n) is 6.64. The van der Waals surface area contributed by atoms with Gasteiger partial charge >= 0.3 is 18.5 Å². The fourth-order valence-corrected chi connectivity index (χ4v) is 0.124. The van der Waals surface area contributed by atoms with E-state index in [1.165, 1.54) is 0 Å². The van der Waals surface area contributed by atoms with Gasteiger partial charge in [0.2, 0.25) is 0 Å². The summed E-state index contributed by atoms with van der Waals surface area (Å²) in [4.78, 5) is 0. The van der Waals surface area contributed by atoms with Gasteiger partial charge in [-0.15, -0.1) is 0 Å². The van der Waals surface area contributed by atoms with E-state index in [9.17, 15) is 43.9 Å². The third kappa shape index (κ3) is 6.39. The molecule has 0 spiro atoms. The molecule has 0 N–H and O–H groups in total. The van der Waals surface area contributed by atoms with Gasteiger partial charge < -0.3 is 0 Å². The minimum absolute atomic E-state index is 1.53. The molecule has 0 fully saturated rings.